The first-order valence-corrected chi connectivity index (χ1v) is 8.46. The monoisotopic (exact) mass is 397 g/mol. The van der Waals surface area contributed by atoms with E-state index in [1.54, 1.807) is 36.7 Å². The molecule has 0 bridgehead atoms. The van der Waals surface area contributed by atoms with Crippen molar-refractivity contribution in [3.8, 4) is 11.5 Å². The maximum absolute atomic E-state index is 9.61. The number of aliphatic imine (C=N–C) groups is 2. The molecule has 1 radical (unpaired) electrons. The minimum absolute atomic E-state index is 0. The van der Waals surface area contributed by atoms with E-state index < -0.39 is 0 Å². The van der Waals surface area contributed by atoms with Gasteiger partial charge < -0.3 is 15.5 Å². The predicted octanol–water partition coefficient (Wildman–Crippen LogP) is 3.79. The third kappa shape index (κ3) is 8.29. The van der Waals surface area contributed by atoms with Crippen molar-refractivity contribution in [2.75, 3.05) is 26.2 Å². The van der Waals surface area contributed by atoms with Gasteiger partial charge in [-0.25, -0.2) is 0 Å². The zero-order valence-corrected chi connectivity index (χ0v) is 15.6. The number of aromatic hydroxyl groups is 2. The molecular formula is C20H24CoN3O2-. The van der Waals surface area contributed by atoms with Crippen LogP contribution in [0.5, 0.6) is 11.5 Å². The fraction of sp³-hybridized carbons (Fsp3) is 0.300. The van der Waals surface area contributed by atoms with Gasteiger partial charge in [0.15, 0.2) is 0 Å². The Morgan fingerprint density at radius 3 is 1.58 bits per heavy atom. The molecule has 6 heteroatoms. The van der Waals surface area contributed by atoms with Crippen molar-refractivity contribution in [3.05, 3.63) is 65.0 Å². The molecule has 0 aliphatic carbocycles. The Kier molecular flexibility index (Phi) is 11.0. The zero-order chi connectivity index (χ0) is 17.7. The Hall–Kier alpha value is -2.15. The first-order chi connectivity index (χ1) is 12.3. The van der Waals surface area contributed by atoms with Crippen LogP contribution in [0, 0.1) is 0 Å². The van der Waals surface area contributed by atoms with Crippen LogP contribution in [0.4, 0.5) is 0 Å². The Labute approximate surface area is 165 Å². The van der Waals surface area contributed by atoms with Gasteiger partial charge in [-0.3, -0.25) is 9.98 Å². The number of para-hydroxylation sites is 2. The summed E-state index contributed by atoms with van der Waals surface area (Å²) in [6.45, 7) is 2.95. The smallest absolute Gasteiger partial charge is 0.124 e. The molecule has 26 heavy (non-hydrogen) atoms. The van der Waals surface area contributed by atoms with Gasteiger partial charge in [0.05, 0.1) is 0 Å². The topological polar surface area (TPSA) is 79.3 Å². The van der Waals surface area contributed by atoms with Gasteiger partial charge in [0.25, 0.3) is 0 Å². The van der Waals surface area contributed by atoms with Crippen LogP contribution in [0.25, 0.3) is 5.32 Å². The molecule has 2 N–H and O–H groups in total. The van der Waals surface area contributed by atoms with Gasteiger partial charge in [-0.15, -0.1) is 13.1 Å². The molecule has 2 aromatic carbocycles. The third-order valence-electron chi connectivity index (χ3n) is 3.54. The number of hydrogen-bond donors (Lipinski definition) is 2. The largest absolute Gasteiger partial charge is 0.662 e. The predicted molar refractivity (Wildman–Crippen MR) is 103 cm³/mol. The van der Waals surface area contributed by atoms with E-state index in [0.717, 1.165) is 37.1 Å². The van der Waals surface area contributed by atoms with Crippen molar-refractivity contribution in [2.45, 2.75) is 12.8 Å². The van der Waals surface area contributed by atoms with E-state index in [4.69, 9.17) is 0 Å². The van der Waals surface area contributed by atoms with E-state index in [9.17, 15) is 10.2 Å². The quantitative estimate of drug-likeness (QED) is 0.473. The molecule has 0 saturated carbocycles. The molecular weight excluding hydrogens is 373 g/mol. The number of phenols is 2. The summed E-state index contributed by atoms with van der Waals surface area (Å²) in [4.78, 5) is 8.60. The minimum Gasteiger partial charge on any atom is -0.662 e. The molecule has 0 amide bonds. The molecule has 0 spiro atoms. The molecule has 0 aliphatic heterocycles. The van der Waals surface area contributed by atoms with Crippen molar-refractivity contribution >= 4 is 12.4 Å². The van der Waals surface area contributed by atoms with Gasteiger partial charge in [0, 0.05) is 53.4 Å². The van der Waals surface area contributed by atoms with E-state index in [1.165, 1.54) is 0 Å². The summed E-state index contributed by atoms with van der Waals surface area (Å²) in [5, 5.41) is 23.7. The second kappa shape index (κ2) is 13.1. The summed E-state index contributed by atoms with van der Waals surface area (Å²) in [6, 6.07) is 14.3. The van der Waals surface area contributed by atoms with Crippen molar-refractivity contribution in [2.24, 2.45) is 9.98 Å². The van der Waals surface area contributed by atoms with Gasteiger partial charge in [0.1, 0.15) is 11.5 Å². The molecule has 0 heterocycles. The Morgan fingerprint density at radius 1 is 0.731 bits per heavy atom. The molecule has 0 aromatic heterocycles. The van der Waals surface area contributed by atoms with Crippen LogP contribution < -0.4 is 0 Å². The summed E-state index contributed by atoms with van der Waals surface area (Å²) < 4.78 is 0. The molecule has 2 rings (SSSR count). The Balaban J connectivity index is 0.00000338. The number of benzene rings is 2. The summed E-state index contributed by atoms with van der Waals surface area (Å²) in [5.74, 6) is 0.501. The first-order valence-electron chi connectivity index (χ1n) is 8.46. The molecule has 2 aromatic rings. The van der Waals surface area contributed by atoms with E-state index in [1.807, 2.05) is 24.3 Å². The van der Waals surface area contributed by atoms with Gasteiger partial charge in [-0.1, -0.05) is 37.1 Å². The van der Waals surface area contributed by atoms with Crippen LogP contribution in [-0.2, 0) is 16.8 Å². The maximum Gasteiger partial charge on any atom is 0.124 e. The number of hydrogen-bond acceptors (Lipinski definition) is 4. The van der Waals surface area contributed by atoms with Crippen LogP contribution in [0.1, 0.15) is 24.0 Å². The van der Waals surface area contributed by atoms with Crippen molar-refractivity contribution in [1.82, 2.24) is 0 Å². The second-order valence-corrected chi connectivity index (χ2v) is 5.57. The Bertz CT molecular complexity index is 645. The molecule has 0 aliphatic rings. The molecule has 5 nitrogen and oxygen atoms in total. The van der Waals surface area contributed by atoms with E-state index in [-0.39, 0.29) is 28.3 Å². The van der Waals surface area contributed by atoms with Crippen molar-refractivity contribution < 1.29 is 27.0 Å². The number of nitrogens with zero attached hydrogens (tertiary/aromatic N) is 3. The fourth-order valence-corrected chi connectivity index (χ4v) is 2.18. The summed E-state index contributed by atoms with van der Waals surface area (Å²) in [7, 11) is 0. The normalized spacial score (nSPS) is 11.1. The summed E-state index contributed by atoms with van der Waals surface area (Å²) in [5.41, 5.74) is 1.48. The van der Waals surface area contributed by atoms with E-state index in [0.29, 0.717) is 13.1 Å². The molecule has 0 saturated heterocycles. The molecule has 0 atom stereocenters. The minimum atomic E-state index is 0. The second-order valence-electron chi connectivity index (χ2n) is 5.57. The number of rotatable bonds is 10. The SMILES string of the molecule is Oc1ccccc1C=NCCC[N-]CCCN=Cc1ccccc1O.[Co]. The molecule has 0 unspecified atom stereocenters. The van der Waals surface area contributed by atoms with Crippen LogP contribution >= 0.6 is 0 Å². The number of phenolic OH excluding ortho intramolecular Hbond substituents is 2. The van der Waals surface area contributed by atoms with Crippen LogP contribution in [0.3, 0.4) is 0 Å². The molecule has 0 fully saturated rings. The first kappa shape index (κ1) is 21.9. The fourth-order valence-electron chi connectivity index (χ4n) is 2.18. The zero-order valence-electron chi connectivity index (χ0n) is 14.6. The summed E-state index contributed by atoms with van der Waals surface area (Å²) in [6.07, 6.45) is 5.18. The van der Waals surface area contributed by atoms with Crippen molar-refractivity contribution in [3.63, 3.8) is 0 Å². The van der Waals surface area contributed by atoms with Gasteiger partial charge in [-0.05, 0) is 24.3 Å². The van der Waals surface area contributed by atoms with E-state index >= 15 is 0 Å². The standard InChI is InChI=1S/C20H24N3O2.Co/c24-19-9-3-1-7-17(19)15-22-13-5-11-21-12-6-14-23-16-18-8-2-4-10-20(18)25;/h1-4,7-10,15-16,24-25H,5-6,11-14H2;/q-1;. The average Bonchev–Trinajstić information content (AvgIpc) is 2.62. The van der Waals surface area contributed by atoms with Crippen LogP contribution in [-0.4, -0.2) is 48.8 Å². The van der Waals surface area contributed by atoms with Crippen LogP contribution in [0.15, 0.2) is 58.5 Å². The Morgan fingerprint density at radius 2 is 1.15 bits per heavy atom. The van der Waals surface area contributed by atoms with Crippen LogP contribution in [0.2, 0.25) is 0 Å². The third-order valence-corrected chi connectivity index (χ3v) is 3.54. The van der Waals surface area contributed by atoms with Gasteiger partial charge in [-0.2, -0.15) is 0 Å². The van der Waals surface area contributed by atoms with Gasteiger partial charge in [0.2, 0.25) is 0 Å². The maximum atomic E-state index is 9.61. The van der Waals surface area contributed by atoms with Crippen molar-refractivity contribution in [1.29, 1.82) is 0 Å². The molecule has 141 valence electrons. The van der Waals surface area contributed by atoms with Gasteiger partial charge >= 0.3 is 0 Å². The van der Waals surface area contributed by atoms with E-state index in [2.05, 4.69) is 15.3 Å². The average molecular weight is 397 g/mol. The summed E-state index contributed by atoms with van der Waals surface area (Å²) >= 11 is 0.